The van der Waals surface area contributed by atoms with E-state index in [1.165, 1.54) is 19.2 Å². The highest BCUT2D eigenvalue weighted by Gasteiger charge is 2.30. The van der Waals surface area contributed by atoms with E-state index in [0.29, 0.717) is 5.56 Å². The molecule has 0 saturated heterocycles. The van der Waals surface area contributed by atoms with Crippen molar-refractivity contribution in [2.75, 3.05) is 7.11 Å². The van der Waals surface area contributed by atoms with Crippen molar-refractivity contribution in [1.29, 1.82) is 0 Å². The lowest BCUT2D eigenvalue weighted by molar-refractivity contribution is -0.145. The van der Waals surface area contributed by atoms with E-state index in [0.717, 1.165) is 28.5 Å². The summed E-state index contributed by atoms with van der Waals surface area (Å²) in [6.45, 7) is 0. The summed E-state index contributed by atoms with van der Waals surface area (Å²) in [7, 11) is 1.19. The first kappa shape index (κ1) is 21.4. The second kappa shape index (κ2) is 8.98. The van der Waals surface area contributed by atoms with E-state index < -0.39 is 23.8 Å². The summed E-state index contributed by atoms with van der Waals surface area (Å²) in [6, 6.07) is 16.9. The number of carbonyl (C=O) groups is 2. The second-order valence-corrected chi connectivity index (χ2v) is 6.90. The van der Waals surface area contributed by atoms with E-state index in [1.54, 1.807) is 0 Å². The summed E-state index contributed by atoms with van der Waals surface area (Å²) >= 11 is 0. The highest BCUT2D eigenvalue weighted by molar-refractivity contribution is 5.88. The van der Waals surface area contributed by atoms with Gasteiger partial charge in [0.15, 0.2) is 0 Å². The third kappa shape index (κ3) is 5.37. The molecular formula is C23H20F3NO3. The Balaban J connectivity index is 1.69. The number of methoxy groups -OCH3 is 1. The van der Waals surface area contributed by atoms with E-state index >= 15 is 0 Å². The van der Waals surface area contributed by atoms with Gasteiger partial charge in [-0.1, -0.05) is 54.6 Å². The molecule has 0 aliphatic carbocycles. The Labute approximate surface area is 171 Å². The van der Waals surface area contributed by atoms with Crippen molar-refractivity contribution in [2.45, 2.75) is 25.1 Å². The van der Waals surface area contributed by atoms with Gasteiger partial charge in [-0.3, -0.25) is 4.79 Å². The quantitative estimate of drug-likeness (QED) is 0.611. The van der Waals surface area contributed by atoms with Crippen LogP contribution in [-0.2, 0) is 33.3 Å². The summed E-state index contributed by atoms with van der Waals surface area (Å²) < 4.78 is 42.9. The fraction of sp³-hybridized carbons (Fsp3) is 0.217. The van der Waals surface area contributed by atoms with Crippen molar-refractivity contribution in [3.05, 3.63) is 83.4 Å². The number of ether oxygens (including phenoxy) is 1. The van der Waals surface area contributed by atoms with E-state index in [1.807, 2.05) is 42.5 Å². The molecule has 4 nitrogen and oxygen atoms in total. The van der Waals surface area contributed by atoms with Gasteiger partial charge in [0.1, 0.15) is 6.04 Å². The van der Waals surface area contributed by atoms with Gasteiger partial charge in [-0.2, -0.15) is 13.2 Å². The maximum absolute atomic E-state index is 12.7. The van der Waals surface area contributed by atoms with Crippen molar-refractivity contribution >= 4 is 22.6 Å². The summed E-state index contributed by atoms with van der Waals surface area (Å²) in [5.41, 5.74) is 0.481. The zero-order chi connectivity index (χ0) is 21.7. The number of carbonyl (C=O) groups excluding carboxylic acids is 2. The molecule has 0 aromatic heterocycles. The van der Waals surface area contributed by atoms with Gasteiger partial charge < -0.3 is 10.1 Å². The Hall–Kier alpha value is -3.35. The van der Waals surface area contributed by atoms with Gasteiger partial charge >= 0.3 is 12.1 Å². The average molecular weight is 415 g/mol. The Morgan fingerprint density at radius 1 is 0.933 bits per heavy atom. The normalized spacial score (nSPS) is 12.4. The molecular weight excluding hydrogens is 395 g/mol. The van der Waals surface area contributed by atoms with Crippen LogP contribution in [0.1, 0.15) is 16.7 Å². The van der Waals surface area contributed by atoms with Gasteiger partial charge in [0.05, 0.1) is 19.1 Å². The van der Waals surface area contributed by atoms with Crippen molar-refractivity contribution in [2.24, 2.45) is 0 Å². The fourth-order valence-electron chi connectivity index (χ4n) is 3.18. The van der Waals surface area contributed by atoms with Crippen molar-refractivity contribution < 1.29 is 27.5 Å². The maximum Gasteiger partial charge on any atom is 0.416 e. The Kier molecular flexibility index (Phi) is 6.40. The van der Waals surface area contributed by atoms with E-state index in [4.69, 9.17) is 4.74 Å². The van der Waals surface area contributed by atoms with Crippen LogP contribution in [0.5, 0.6) is 0 Å². The molecule has 0 unspecified atom stereocenters. The molecule has 1 N–H and O–H groups in total. The number of amides is 1. The van der Waals surface area contributed by atoms with Crippen LogP contribution in [0.15, 0.2) is 66.7 Å². The number of rotatable bonds is 6. The average Bonchev–Trinajstić information content (AvgIpc) is 2.72. The van der Waals surface area contributed by atoms with Gasteiger partial charge in [-0.25, -0.2) is 4.79 Å². The van der Waals surface area contributed by atoms with E-state index in [-0.39, 0.29) is 18.7 Å². The predicted octanol–water partition coefficient (Wildman–Crippen LogP) is 4.30. The second-order valence-electron chi connectivity index (χ2n) is 6.90. The summed E-state index contributed by atoms with van der Waals surface area (Å²) in [5.74, 6) is -1.05. The first-order valence-electron chi connectivity index (χ1n) is 9.27. The van der Waals surface area contributed by atoms with Gasteiger partial charge in [0, 0.05) is 6.42 Å². The lowest BCUT2D eigenvalue weighted by Crippen LogP contribution is -2.43. The van der Waals surface area contributed by atoms with E-state index in [9.17, 15) is 22.8 Å². The molecule has 0 aliphatic rings. The van der Waals surface area contributed by atoms with Crippen LogP contribution >= 0.6 is 0 Å². The standard InChI is InChI=1S/C23H20F3NO3/c1-30-22(29)20(13-15-7-10-19(11-8-15)23(24,25)26)27-21(28)14-16-6-9-17-4-2-3-5-18(17)12-16/h2-12,20H,13-14H2,1H3,(H,27,28)/t20-/m0/s1. The number of halogens is 3. The third-order valence-corrected chi connectivity index (χ3v) is 4.72. The lowest BCUT2D eigenvalue weighted by atomic mass is 10.0. The van der Waals surface area contributed by atoms with Crippen LogP contribution in [0.3, 0.4) is 0 Å². The number of benzene rings is 3. The van der Waals surface area contributed by atoms with E-state index in [2.05, 4.69) is 5.32 Å². The van der Waals surface area contributed by atoms with Crippen LogP contribution in [0, 0.1) is 0 Å². The number of alkyl halides is 3. The van der Waals surface area contributed by atoms with Crippen LogP contribution in [0.2, 0.25) is 0 Å². The number of fused-ring (bicyclic) bond motifs is 1. The molecule has 30 heavy (non-hydrogen) atoms. The fourth-order valence-corrected chi connectivity index (χ4v) is 3.18. The summed E-state index contributed by atoms with van der Waals surface area (Å²) in [6.07, 6.45) is -4.35. The largest absolute Gasteiger partial charge is 0.467 e. The molecule has 0 heterocycles. The zero-order valence-electron chi connectivity index (χ0n) is 16.2. The minimum Gasteiger partial charge on any atom is -0.467 e. The molecule has 0 aliphatic heterocycles. The van der Waals surface area contributed by atoms with Crippen LogP contribution in [0.25, 0.3) is 10.8 Å². The van der Waals surface area contributed by atoms with Crippen LogP contribution in [0.4, 0.5) is 13.2 Å². The number of hydrogen-bond acceptors (Lipinski definition) is 3. The molecule has 0 saturated carbocycles. The SMILES string of the molecule is COC(=O)[C@H](Cc1ccc(C(F)(F)F)cc1)NC(=O)Cc1ccc2ccccc2c1. The van der Waals surface area contributed by atoms with Gasteiger partial charge in [0.2, 0.25) is 5.91 Å². The molecule has 0 radical (unpaired) electrons. The first-order chi connectivity index (χ1) is 14.3. The molecule has 3 aromatic carbocycles. The Bertz CT molecular complexity index is 1050. The number of nitrogens with one attached hydrogen (secondary N) is 1. The van der Waals surface area contributed by atoms with Gasteiger partial charge in [-0.05, 0) is 34.0 Å². The number of esters is 1. The van der Waals surface area contributed by atoms with Crippen molar-refractivity contribution in [3.8, 4) is 0 Å². The Morgan fingerprint density at radius 3 is 2.20 bits per heavy atom. The topological polar surface area (TPSA) is 55.4 Å². The molecule has 156 valence electrons. The van der Waals surface area contributed by atoms with Gasteiger partial charge in [0.25, 0.3) is 0 Å². The molecule has 1 amide bonds. The minimum absolute atomic E-state index is 0.0221. The van der Waals surface area contributed by atoms with Crippen LogP contribution < -0.4 is 5.32 Å². The lowest BCUT2D eigenvalue weighted by Gasteiger charge is -2.17. The molecule has 7 heteroatoms. The third-order valence-electron chi connectivity index (χ3n) is 4.72. The number of hydrogen-bond donors (Lipinski definition) is 1. The molecule has 3 rings (SSSR count). The molecule has 0 bridgehead atoms. The van der Waals surface area contributed by atoms with Crippen LogP contribution in [-0.4, -0.2) is 25.0 Å². The van der Waals surface area contributed by atoms with Crippen molar-refractivity contribution in [1.82, 2.24) is 5.32 Å². The molecule has 3 aromatic rings. The monoisotopic (exact) mass is 415 g/mol. The van der Waals surface area contributed by atoms with Gasteiger partial charge in [-0.15, -0.1) is 0 Å². The summed E-state index contributed by atoms with van der Waals surface area (Å²) in [4.78, 5) is 24.6. The molecule has 1 atom stereocenters. The van der Waals surface area contributed by atoms with Crippen molar-refractivity contribution in [3.63, 3.8) is 0 Å². The molecule has 0 spiro atoms. The zero-order valence-corrected chi connectivity index (χ0v) is 16.2. The highest BCUT2D eigenvalue weighted by atomic mass is 19.4. The predicted molar refractivity (Wildman–Crippen MR) is 107 cm³/mol. The summed E-state index contributed by atoms with van der Waals surface area (Å²) in [5, 5.41) is 4.67. The first-order valence-corrected chi connectivity index (χ1v) is 9.27. The minimum atomic E-state index is -4.44. The smallest absolute Gasteiger partial charge is 0.416 e. The molecule has 0 fully saturated rings. The Morgan fingerprint density at radius 2 is 1.57 bits per heavy atom. The highest BCUT2D eigenvalue weighted by Crippen LogP contribution is 2.29. The maximum atomic E-state index is 12.7.